The first kappa shape index (κ1) is 22.9. The van der Waals surface area contributed by atoms with E-state index in [1.807, 2.05) is 30.3 Å². The smallest absolute Gasteiger partial charge is 0.194 e. The lowest BCUT2D eigenvalue weighted by molar-refractivity contribution is 0.148. The monoisotopic (exact) mass is 508 g/mol. The number of rotatable bonds is 4. The van der Waals surface area contributed by atoms with E-state index in [2.05, 4.69) is 60.9 Å². The van der Waals surface area contributed by atoms with Gasteiger partial charge in [0.15, 0.2) is 5.60 Å². The van der Waals surface area contributed by atoms with Gasteiger partial charge in [0.25, 0.3) is 0 Å². The highest BCUT2D eigenvalue weighted by Gasteiger charge is 2.47. The highest BCUT2D eigenvalue weighted by molar-refractivity contribution is 6.02. The molecular weight excluding hydrogens is 480 g/mol. The van der Waals surface area contributed by atoms with Crippen LogP contribution in [-0.2, 0) is 12.0 Å². The van der Waals surface area contributed by atoms with Crippen LogP contribution in [0, 0.1) is 0 Å². The minimum Gasteiger partial charge on any atom is -0.474 e. The minimum atomic E-state index is -0.823. The number of aliphatic imine (C=N–C) groups is 2. The summed E-state index contributed by atoms with van der Waals surface area (Å²) < 4.78 is 6.64. The molecule has 0 saturated carbocycles. The van der Waals surface area contributed by atoms with Crippen molar-refractivity contribution in [1.82, 2.24) is 20.6 Å². The normalized spacial score (nSPS) is 24.6. The van der Waals surface area contributed by atoms with E-state index in [0.717, 1.165) is 56.4 Å². The first-order valence-corrected chi connectivity index (χ1v) is 12.9. The minimum absolute atomic E-state index is 0.338. The number of fused-ring (bicyclic) bond motifs is 2. The van der Waals surface area contributed by atoms with Crippen molar-refractivity contribution >= 4 is 22.6 Å². The number of amidine groups is 2. The van der Waals surface area contributed by atoms with Gasteiger partial charge in [-0.15, -0.1) is 0 Å². The quantitative estimate of drug-likeness (QED) is 0.288. The Morgan fingerprint density at radius 3 is 2.53 bits per heavy atom. The van der Waals surface area contributed by atoms with Gasteiger partial charge in [0.05, 0.1) is 36.7 Å². The molecule has 0 saturated heterocycles. The summed E-state index contributed by atoms with van der Waals surface area (Å²) >= 11 is 0. The molecule has 0 spiro atoms. The molecular formula is C29H28N6O3. The molecule has 0 bridgehead atoms. The lowest BCUT2D eigenvalue weighted by Gasteiger charge is -2.34. The zero-order valence-corrected chi connectivity index (χ0v) is 20.7. The van der Waals surface area contributed by atoms with Crippen LogP contribution in [0.3, 0.4) is 0 Å². The number of pyridine rings is 1. The van der Waals surface area contributed by atoms with E-state index in [0.29, 0.717) is 32.6 Å². The number of aliphatic hydroxyl groups excluding tert-OH is 2. The van der Waals surface area contributed by atoms with Gasteiger partial charge in [-0.1, -0.05) is 30.3 Å². The lowest BCUT2D eigenvalue weighted by Crippen LogP contribution is -2.53. The maximum atomic E-state index is 10.0. The molecule has 7 rings (SSSR count). The van der Waals surface area contributed by atoms with E-state index in [9.17, 15) is 10.2 Å². The van der Waals surface area contributed by atoms with Crippen LogP contribution in [-0.4, -0.2) is 70.2 Å². The van der Waals surface area contributed by atoms with Gasteiger partial charge in [0.2, 0.25) is 0 Å². The third-order valence-corrected chi connectivity index (χ3v) is 7.41. The summed E-state index contributed by atoms with van der Waals surface area (Å²) in [6.45, 7) is 1.67. The summed E-state index contributed by atoms with van der Waals surface area (Å²) in [7, 11) is 0. The van der Waals surface area contributed by atoms with Crippen molar-refractivity contribution in [2.24, 2.45) is 9.98 Å². The van der Waals surface area contributed by atoms with Crippen molar-refractivity contribution in [3.8, 4) is 17.1 Å². The van der Waals surface area contributed by atoms with Crippen molar-refractivity contribution in [3.63, 3.8) is 0 Å². The van der Waals surface area contributed by atoms with Gasteiger partial charge in [-0.3, -0.25) is 15.0 Å². The fourth-order valence-corrected chi connectivity index (χ4v) is 5.44. The van der Waals surface area contributed by atoms with Crippen LogP contribution < -0.4 is 15.4 Å². The summed E-state index contributed by atoms with van der Waals surface area (Å²) in [6, 6.07) is 20.4. The van der Waals surface area contributed by atoms with E-state index < -0.39 is 17.8 Å². The largest absolute Gasteiger partial charge is 0.474 e. The Kier molecular flexibility index (Phi) is 5.41. The first-order valence-electron chi connectivity index (χ1n) is 12.9. The van der Waals surface area contributed by atoms with Crippen molar-refractivity contribution in [2.45, 2.75) is 24.2 Å². The summed E-state index contributed by atoms with van der Waals surface area (Å²) in [5, 5.41) is 27.3. The third kappa shape index (κ3) is 3.91. The Labute approximate surface area is 219 Å². The zero-order chi connectivity index (χ0) is 25.7. The molecule has 9 heteroatoms. The fraction of sp³-hybridized carbons (Fsp3) is 0.276. The van der Waals surface area contributed by atoms with Crippen molar-refractivity contribution in [1.29, 1.82) is 0 Å². The number of nitrogens with zero attached hydrogens (tertiary/aromatic N) is 3. The van der Waals surface area contributed by atoms with Crippen molar-refractivity contribution in [3.05, 3.63) is 83.6 Å². The van der Waals surface area contributed by atoms with Gasteiger partial charge >= 0.3 is 0 Å². The Morgan fingerprint density at radius 1 is 0.895 bits per heavy atom. The number of aromatic amines is 1. The lowest BCUT2D eigenvalue weighted by atomic mass is 9.87. The van der Waals surface area contributed by atoms with Gasteiger partial charge in [0.1, 0.15) is 17.4 Å². The molecule has 5 heterocycles. The summed E-state index contributed by atoms with van der Waals surface area (Å²) in [6.07, 6.45) is 1.48. The Hall–Kier alpha value is -4.21. The van der Waals surface area contributed by atoms with Crippen LogP contribution in [0.15, 0.2) is 76.8 Å². The molecule has 3 aliphatic rings. The van der Waals surface area contributed by atoms with Crippen LogP contribution in [0.2, 0.25) is 0 Å². The average Bonchev–Trinajstić information content (AvgIpc) is 3.56. The SMILES string of the molecule is OC1CN=C(c2ccc3cc(-c4cc(C5(C6=NCC(O)CN6)Cc6ccccc6O5)ccn4)[nH]c3c2)NC1. The second-order valence-corrected chi connectivity index (χ2v) is 10.1. The number of para-hydroxylation sites is 1. The number of benzene rings is 2. The molecule has 3 aliphatic heterocycles. The van der Waals surface area contributed by atoms with Gasteiger partial charge in [-0.2, -0.15) is 0 Å². The Morgan fingerprint density at radius 2 is 1.74 bits per heavy atom. The molecule has 0 aliphatic carbocycles. The second-order valence-electron chi connectivity index (χ2n) is 10.1. The van der Waals surface area contributed by atoms with E-state index in [1.165, 1.54) is 0 Å². The third-order valence-electron chi connectivity index (χ3n) is 7.41. The number of ether oxygens (including phenoxy) is 1. The molecule has 38 heavy (non-hydrogen) atoms. The van der Waals surface area contributed by atoms with Crippen LogP contribution in [0.1, 0.15) is 16.7 Å². The molecule has 192 valence electrons. The Bertz CT molecular complexity index is 1570. The molecule has 0 fully saturated rings. The molecule has 2 aromatic carbocycles. The molecule has 9 nitrogen and oxygen atoms in total. The maximum Gasteiger partial charge on any atom is 0.194 e. The maximum absolute atomic E-state index is 10.0. The van der Waals surface area contributed by atoms with Crippen molar-refractivity contribution in [2.75, 3.05) is 26.2 Å². The molecule has 0 radical (unpaired) electrons. The van der Waals surface area contributed by atoms with Crippen LogP contribution in [0.25, 0.3) is 22.3 Å². The van der Waals surface area contributed by atoms with Crippen LogP contribution in [0.4, 0.5) is 0 Å². The number of hydrogen-bond acceptors (Lipinski definition) is 8. The highest BCUT2D eigenvalue weighted by Crippen LogP contribution is 2.43. The topological polar surface area (TPSA) is 127 Å². The molecule has 0 amide bonds. The Balaban J connectivity index is 1.27. The van der Waals surface area contributed by atoms with Crippen LogP contribution >= 0.6 is 0 Å². The molecule has 2 aromatic heterocycles. The molecule has 4 aromatic rings. The van der Waals surface area contributed by atoms with E-state index >= 15 is 0 Å². The molecule has 5 N–H and O–H groups in total. The average molecular weight is 509 g/mol. The number of aromatic nitrogens is 2. The predicted molar refractivity (Wildman–Crippen MR) is 146 cm³/mol. The van der Waals surface area contributed by atoms with Gasteiger partial charge in [-0.25, -0.2) is 0 Å². The summed E-state index contributed by atoms with van der Waals surface area (Å²) in [5.41, 5.74) is 4.88. The predicted octanol–water partition coefficient (Wildman–Crippen LogP) is 2.13. The van der Waals surface area contributed by atoms with Crippen molar-refractivity contribution < 1.29 is 14.9 Å². The van der Waals surface area contributed by atoms with E-state index in [-0.39, 0.29) is 0 Å². The van der Waals surface area contributed by atoms with E-state index in [4.69, 9.17) is 4.74 Å². The standard InChI is InChI=1S/C29H28N6O3/c36-21-13-31-27(32-14-21)18-6-5-17-9-25(35-23(17)10-18)24-11-20(7-8-30-24)29(28-33-15-22(37)16-34-28)12-19-3-1-2-4-26(19)38-29/h1-11,21-22,35-37H,12-16H2,(H,31,32)(H,33,34). The van der Waals surface area contributed by atoms with Crippen LogP contribution in [0.5, 0.6) is 5.75 Å². The highest BCUT2D eigenvalue weighted by atomic mass is 16.5. The van der Waals surface area contributed by atoms with E-state index in [1.54, 1.807) is 6.20 Å². The zero-order valence-electron chi connectivity index (χ0n) is 20.7. The summed E-state index contributed by atoms with van der Waals surface area (Å²) in [5.74, 6) is 2.36. The number of aliphatic hydroxyl groups is 2. The van der Waals surface area contributed by atoms with Gasteiger partial charge in [-0.05, 0) is 35.9 Å². The summed E-state index contributed by atoms with van der Waals surface area (Å²) in [4.78, 5) is 17.4. The second kappa shape index (κ2) is 8.97. The number of nitrogens with one attached hydrogen (secondary N) is 3. The number of H-pyrrole nitrogens is 1. The first-order chi connectivity index (χ1) is 18.6. The molecule has 3 atom stereocenters. The number of β-amino-alcohol motifs (C(OH)–C–C–N with tert-alkyl or cyclic N) is 2. The molecule has 3 unspecified atom stereocenters. The number of hydrogen-bond donors (Lipinski definition) is 5. The fourth-order valence-electron chi connectivity index (χ4n) is 5.44. The van der Waals surface area contributed by atoms with Gasteiger partial charge < -0.3 is 30.6 Å². The van der Waals surface area contributed by atoms with Gasteiger partial charge in [0, 0.05) is 47.7 Å².